The Bertz CT molecular complexity index is 630. The zero-order chi connectivity index (χ0) is 15.9. The number of hydrogen-bond acceptors (Lipinski definition) is 3. The van der Waals surface area contributed by atoms with E-state index in [0.29, 0.717) is 19.4 Å². The van der Waals surface area contributed by atoms with Crippen molar-refractivity contribution in [2.75, 3.05) is 7.11 Å². The zero-order valence-corrected chi connectivity index (χ0v) is 13.4. The van der Waals surface area contributed by atoms with Crippen LogP contribution in [0.1, 0.15) is 28.7 Å². The second kappa shape index (κ2) is 7.64. The first-order valence-corrected chi connectivity index (χ1v) is 7.43. The molecule has 22 heavy (non-hydrogen) atoms. The highest BCUT2D eigenvalue weighted by Crippen LogP contribution is 2.14. The summed E-state index contributed by atoms with van der Waals surface area (Å²) in [6.07, 6.45) is 1.12. The fourth-order valence-electron chi connectivity index (χ4n) is 2.32. The van der Waals surface area contributed by atoms with Crippen molar-refractivity contribution in [2.45, 2.75) is 33.3 Å². The summed E-state index contributed by atoms with van der Waals surface area (Å²) in [5, 5.41) is 0. The smallest absolute Gasteiger partial charge is 0.306 e. The SMILES string of the molecule is COc1ccc(COC(=O)CCc2ccc(C)cc2C)cc1. The maximum atomic E-state index is 11.8. The van der Waals surface area contributed by atoms with E-state index in [4.69, 9.17) is 9.47 Å². The number of esters is 1. The van der Waals surface area contributed by atoms with E-state index in [2.05, 4.69) is 32.0 Å². The molecule has 2 rings (SSSR count). The van der Waals surface area contributed by atoms with Crippen molar-refractivity contribution in [1.29, 1.82) is 0 Å². The first kappa shape index (κ1) is 16.1. The van der Waals surface area contributed by atoms with Crippen LogP contribution in [0.3, 0.4) is 0 Å². The Kier molecular flexibility index (Phi) is 5.59. The van der Waals surface area contributed by atoms with E-state index < -0.39 is 0 Å². The second-order valence-electron chi connectivity index (χ2n) is 5.44. The zero-order valence-electron chi connectivity index (χ0n) is 13.4. The highest BCUT2D eigenvalue weighted by molar-refractivity contribution is 5.69. The summed E-state index contributed by atoms with van der Waals surface area (Å²) in [7, 11) is 1.63. The average molecular weight is 298 g/mol. The Balaban J connectivity index is 1.80. The quantitative estimate of drug-likeness (QED) is 0.756. The van der Waals surface area contributed by atoms with E-state index in [1.54, 1.807) is 7.11 Å². The topological polar surface area (TPSA) is 35.5 Å². The Morgan fingerprint density at radius 1 is 1.05 bits per heavy atom. The van der Waals surface area contributed by atoms with Gasteiger partial charge in [-0.05, 0) is 49.1 Å². The van der Waals surface area contributed by atoms with Crippen LogP contribution in [-0.4, -0.2) is 13.1 Å². The Labute approximate surface area is 131 Å². The molecule has 0 spiro atoms. The van der Waals surface area contributed by atoms with Crippen LogP contribution in [0.15, 0.2) is 42.5 Å². The van der Waals surface area contributed by atoms with Crippen molar-refractivity contribution < 1.29 is 14.3 Å². The van der Waals surface area contributed by atoms with Crippen LogP contribution in [0.25, 0.3) is 0 Å². The molecule has 3 heteroatoms. The van der Waals surface area contributed by atoms with Crippen LogP contribution in [0, 0.1) is 13.8 Å². The van der Waals surface area contributed by atoms with Gasteiger partial charge in [-0.1, -0.05) is 35.9 Å². The van der Waals surface area contributed by atoms with Crippen molar-refractivity contribution in [3.63, 3.8) is 0 Å². The van der Waals surface area contributed by atoms with E-state index in [0.717, 1.165) is 11.3 Å². The molecule has 0 saturated heterocycles. The van der Waals surface area contributed by atoms with Gasteiger partial charge in [-0.3, -0.25) is 4.79 Å². The van der Waals surface area contributed by atoms with Crippen molar-refractivity contribution >= 4 is 5.97 Å². The molecule has 0 unspecified atom stereocenters. The number of hydrogen-bond donors (Lipinski definition) is 0. The van der Waals surface area contributed by atoms with Crippen molar-refractivity contribution in [1.82, 2.24) is 0 Å². The molecule has 0 heterocycles. The largest absolute Gasteiger partial charge is 0.497 e. The van der Waals surface area contributed by atoms with Gasteiger partial charge in [0, 0.05) is 6.42 Å². The highest BCUT2D eigenvalue weighted by Gasteiger charge is 2.06. The number of methoxy groups -OCH3 is 1. The van der Waals surface area contributed by atoms with Crippen molar-refractivity contribution in [3.8, 4) is 5.75 Å². The predicted molar refractivity (Wildman–Crippen MR) is 87.0 cm³/mol. The van der Waals surface area contributed by atoms with Gasteiger partial charge in [0.1, 0.15) is 12.4 Å². The minimum absolute atomic E-state index is 0.171. The van der Waals surface area contributed by atoms with Gasteiger partial charge in [-0.25, -0.2) is 0 Å². The number of carbonyl (C=O) groups excluding carboxylic acids is 1. The molecule has 2 aromatic rings. The van der Waals surface area contributed by atoms with Crippen LogP contribution >= 0.6 is 0 Å². The lowest BCUT2D eigenvalue weighted by Crippen LogP contribution is -2.06. The molecule has 2 aromatic carbocycles. The summed E-state index contributed by atoms with van der Waals surface area (Å²) in [4.78, 5) is 11.8. The fourth-order valence-corrected chi connectivity index (χ4v) is 2.32. The molecule has 0 radical (unpaired) electrons. The summed E-state index contributed by atoms with van der Waals surface area (Å²) in [6, 6.07) is 13.8. The first-order chi connectivity index (χ1) is 10.6. The van der Waals surface area contributed by atoms with Gasteiger partial charge in [-0.15, -0.1) is 0 Å². The summed E-state index contributed by atoms with van der Waals surface area (Å²) in [5.74, 6) is 0.626. The van der Waals surface area contributed by atoms with Crippen LogP contribution in [0.5, 0.6) is 5.75 Å². The van der Waals surface area contributed by atoms with Gasteiger partial charge in [0.2, 0.25) is 0 Å². The van der Waals surface area contributed by atoms with Gasteiger partial charge >= 0.3 is 5.97 Å². The number of carbonyl (C=O) groups is 1. The standard InChI is InChI=1S/C19H22O3/c1-14-4-7-17(15(2)12-14)8-11-19(20)22-13-16-5-9-18(21-3)10-6-16/h4-7,9-10,12H,8,11,13H2,1-3H3. The molecule has 0 N–H and O–H groups in total. The van der Waals surface area contributed by atoms with Gasteiger partial charge < -0.3 is 9.47 Å². The third kappa shape index (κ3) is 4.62. The number of rotatable bonds is 6. The number of aryl methyl sites for hydroxylation is 3. The monoisotopic (exact) mass is 298 g/mol. The van der Waals surface area contributed by atoms with Gasteiger partial charge in [-0.2, -0.15) is 0 Å². The Morgan fingerprint density at radius 2 is 1.77 bits per heavy atom. The molecule has 0 aromatic heterocycles. The minimum atomic E-state index is -0.171. The van der Waals surface area contributed by atoms with Gasteiger partial charge in [0.25, 0.3) is 0 Å². The molecule has 0 fully saturated rings. The highest BCUT2D eigenvalue weighted by atomic mass is 16.5. The van der Waals surface area contributed by atoms with E-state index in [-0.39, 0.29) is 5.97 Å². The molecule has 0 saturated carbocycles. The lowest BCUT2D eigenvalue weighted by Gasteiger charge is -2.08. The summed E-state index contributed by atoms with van der Waals surface area (Å²) in [5.41, 5.74) is 4.62. The lowest BCUT2D eigenvalue weighted by atomic mass is 10.0. The Morgan fingerprint density at radius 3 is 2.41 bits per heavy atom. The van der Waals surface area contributed by atoms with E-state index in [9.17, 15) is 4.79 Å². The maximum Gasteiger partial charge on any atom is 0.306 e. The summed E-state index contributed by atoms with van der Waals surface area (Å²) < 4.78 is 10.4. The first-order valence-electron chi connectivity index (χ1n) is 7.43. The molecular formula is C19H22O3. The van der Waals surface area contributed by atoms with Crippen LogP contribution in [-0.2, 0) is 22.6 Å². The average Bonchev–Trinajstić information content (AvgIpc) is 2.52. The molecule has 0 atom stereocenters. The summed E-state index contributed by atoms with van der Waals surface area (Å²) in [6.45, 7) is 4.45. The fraction of sp³-hybridized carbons (Fsp3) is 0.316. The van der Waals surface area contributed by atoms with Crippen molar-refractivity contribution in [3.05, 3.63) is 64.7 Å². The van der Waals surface area contributed by atoms with Gasteiger partial charge in [0.15, 0.2) is 0 Å². The number of benzene rings is 2. The Hall–Kier alpha value is -2.29. The third-order valence-corrected chi connectivity index (χ3v) is 3.66. The van der Waals surface area contributed by atoms with E-state index in [1.807, 2.05) is 24.3 Å². The molecule has 116 valence electrons. The van der Waals surface area contributed by atoms with Gasteiger partial charge in [0.05, 0.1) is 7.11 Å². The molecule has 0 aliphatic rings. The van der Waals surface area contributed by atoms with Crippen LogP contribution < -0.4 is 4.74 Å². The molecular weight excluding hydrogens is 276 g/mol. The van der Waals surface area contributed by atoms with E-state index in [1.165, 1.54) is 16.7 Å². The molecule has 0 aliphatic heterocycles. The number of ether oxygens (including phenoxy) is 2. The predicted octanol–water partition coefficient (Wildman–Crippen LogP) is 3.99. The lowest BCUT2D eigenvalue weighted by molar-refractivity contribution is -0.144. The molecule has 0 amide bonds. The molecule has 0 aliphatic carbocycles. The molecule has 0 bridgehead atoms. The summed E-state index contributed by atoms with van der Waals surface area (Å²) >= 11 is 0. The van der Waals surface area contributed by atoms with E-state index >= 15 is 0 Å². The molecule has 3 nitrogen and oxygen atoms in total. The van der Waals surface area contributed by atoms with Crippen LogP contribution in [0.4, 0.5) is 0 Å². The normalized spacial score (nSPS) is 10.3. The third-order valence-electron chi connectivity index (χ3n) is 3.66. The minimum Gasteiger partial charge on any atom is -0.497 e. The second-order valence-corrected chi connectivity index (χ2v) is 5.44. The maximum absolute atomic E-state index is 11.8. The van der Waals surface area contributed by atoms with Crippen molar-refractivity contribution in [2.24, 2.45) is 0 Å². The van der Waals surface area contributed by atoms with Crippen LogP contribution in [0.2, 0.25) is 0 Å².